The molecule has 1 atom stereocenters. The number of aryl methyl sites for hydroxylation is 1. The molecule has 1 amide bonds. The number of carbonyl (C=O) groups excluding carboxylic acids is 1. The molecule has 1 fully saturated rings. The number of benzene rings is 1. The zero-order valence-electron chi connectivity index (χ0n) is 16.2. The summed E-state index contributed by atoms with van der Waals surface area (Å²) >= 11 is 0. The van der Waals surface area contributed by atoms with Gasteiger partial charge in [-0.2, -0.15) is 0 Å². The first-order valence-electron chi connectivity index (χ1n) is 9.06. The van der Waals surface area contributed by atoms with Crippen LogP contribution < -0.4 is 15.4 Å². The Balaban J connectivity index is 2.05. The molecule has 1 aromatic rings. The topological polar surface area (TPSA) is 75.2 Å². The molecule has 0 bridgehead atoms. The van der Waals surface area contributed by atoms with E-state index in [1.807, 2.05) is 26.0 Å². The van der Waals surface area contributed by atoms with Crippen LogP contribution in [0, 0.1) is 6.92 Å². The van der Waals surface area contributed by atoms with Crippen molar-refractivity contribution >= 4 is 11.9 Å². The van der Waals surface area contributed by atoms with E-state index in [2.05, 4.69) is 21.7 Å². The van der Waals surface area contributed by atoms with Crippen LogP contribution >= 0.6 is 0 Å². The van der Waals surface area contributed by atoms with Crippen molar-refractivity contribution in [3.8, 4) is 5.75 Å². The quantitative estimate of drug-likeness (QED) is 0.565. The van der Waals surface area contributed by atoms with E-state index >= 15 is 0 Å². The van der Waals surface area contributed by atoms with Gasteiger partial charge in [0, 0.05) is 32.6 Å². The van der Waals surface area contributed by atoms with Gasteiger partial charge in [-0.3, -0.25) is 4.79 Å². The van der Waals surface area contributed by atoms with Crippen LogP contribution in [0.15, 0.2) is 23.2 Å². The molecule has 0 spiro atoms. The lowest BCUT2D eigenvalue weighted by atomic mass is 10.1. The van der Waals surface area contributed by atoms with Crippen molar-refractivity contribution in [2.75, 3.05) is 40.4 Å². The highest BCUT2D eigenvalue weighted by molar-refractivity contribution is 5.86. The number of hydrogen-bond acceptors (Lipinski definition) is 4. The fraction of sp³-hybridized carbons (Fsp3) is 0.579. The summed E-state index contributed by atoms with van der Waals surface area (Å²) in [6.07, 6.45) is 1.01. The van der Waals surface area contributed by atoms with Gasteiger partial charge in [-0.15, -0.1) is 0 Å². The minimum atomic E-state index is -0.00352. The second-order valence-electron chi connectivity index (χ2n) is 6.55. The van der Waals surface area contributed by atoms with Crippen LogP contribution in [0.25, 0.3) is 0 Å². The molecular formula is C19H30N4O3. The Morgan fingerprint density at radius 2 is 2.19 bits per heavy atom. The van der Waals surface area contributed by atoms with Gasteiger partial charge in [0.1, 0.15) is 11.9 Å². The smallest absolute Gasteiger partial charge is 0.241 e. The van der Waals surface area contributed by atoms with E-state index in [0.29, 0.717) is 19.1 Å². The third-order valence-electron chi connectivity index (χ3n) is 4.06. The van der Waals surface area contributed by atoms with Gasteiger partial charge in [0.15, 0.2) is 5.96 Å². The van der Waals surface area contributed by atoms with E-state index in [9.17, 15) is 4.79 Å². The Hall–Kier alpha value is -2.28. The Labute approximate surface area is 155 Å². The van der Waals surface area contributed by atoms with Crippen molar-refractivity contribution < 1.29 is 14.3 Å². The predicted molar refractivity (Wildman–Crippen MR) is 103 cm³/mol. The molecule has 2 N–H and O–H groups in total. The molecule has 7 heteroatoms. The largest absolute Gasteiger partial charge is 0.488 e. The van der Waals surface area contributed by atoms with Crippen LogP contribution in [-0.2, 0) is 16.1 Å². The summed E-state index contributed by atoms with van der Waals surface area (Å²) in [6.45, 7) is 6.81. The number of hydrogen-bond donors (Lipinski definition) is 2. The maximum atomic E-state index is 11.8. The van der Waals surface area contributed by atoms with Crippen molar-refractivity contribution in [1.29, 1.82) is 0 Å². The second kappa shape index (κ2) is 10.0. The average molecular weight is 362 g/mol. The van der Waals surface area contributed by atoms with Crippen molar-refractivity contribution in [3.05, 3.63) is 29.3 Å². The van der Waals surface area contributed by atoms with Crippen molar-refractivity contribution in [3.63, 3.8) is 0 Å². The molecule has 2 rings (SSSR count). The molecular weight excluding hydrogens is 332 g/mol. The monoisotopic (exact) mass is 362 g/mol. The van der Waals surface area contributed by atoms with E-state index in [-0.39, 0.29) is 18.6 Å². The molecule has 0 saturated carbocycles. The number of aliphatic imine (C=N–C) groups is 1. The van der Waals surface area contributed by atoms with Crippen molar-refractivity contribution in [1.82, 2.24) is 15.5 Å². The van der Waals surface area contributed by atoms with Crippen LogP contribution in [0.1, 0.15) is 24.5 Å². The Morgan fingerprint density at radius 3 is 2.85 bits per heavy atom. The Bertz CT molecular complexity index is 625. The van der Waals surface area contributed by atoms with Gasteiger partial charge >= 0.3 is 0 Å². The highest BCUT2D eigenvalue weighted by Crippen LogP contribution is 2.24. The first-order valence-corrected chi connectivity index (χ1v) is 9.06. The number of nitrogens with zero attached hydrogens (tertiary/aromatic N) is 2. The second-order valence-corrected chi connectivity index (χ2v) is 6.55. The third kappa shape index (κ3) is 6.22. The maximum absolute atomic E-state index is 11.8. The summed E-state index contributed by atoms with van der Waals surface area (Å²) in [5, 5.41) is 6.22. The lowest BCUT2D eigenvalue weighted by molar-refractivity contribution is -0.127. The third-order valence-corrected chi connectivity index (χ3v) is 4.06. The molecule has 7 nitrogen and oxygen atoms in total. The molecule has 1 saturated heterocycles. The van der Waals surface area contributed by atoms with E-state index < -0.39 is 0 Å². The maximum Gasteiger partial charge on any atom is 0.241 e. The SMILES string of the molecule is CCNC(=NCc1ccc(C)cc1OC1CCOC1)NCC(=O)N(C)C. The van der Waals surface area contributed by atoms with E-state index in [1.54, 1.807) is 19.0 Å². The van der Waals surface area contributed by atoms with Crippen LogP contribution in [0.2, 0.25) is 0 Å². The first-order chi connectivity index (χ1) is 12.5. The number of ether oxygens (including phenoxy) is 2. The number of guanidine groups is 1. The van der Waals surface area contributed by atoms with Crippen LogP contribution in [-0.4, -0.2) is 63.3 Å². The molecule has 1 heterocycles. The van der Waals surface area contributed by atoms with Crippen molar-refractivity contribution in [2.45, 2.75) is 32.9 Å². The summed E-state index contributed by atoms with van der Waals surface area (Å²) in [5.41, 5.74) is 2.16. The summed E-state index contributed by atoms with van der Waals surface area (Å²) in [7, 11) is 3.47. The molecule has 144 valence electrons. The van der Waals surface area contributed by atoms with Gasteiger partial charge < -0.3 is 25.0 Å². The molecule has 1 unspecified atom stereocenters. The standard InChI is InChI=1S/C19H30N4O3/c1-5-20-19(22-12-18(24)23(3)4)21-11-15-7-6-14(2)10-17(15)26-16-8-9-25-13-16/h6-7,10,16H,5,8-9,11-13H2,1-4H3,(H2,20,21,22). The highest BCUT2D eigenvalue weighted by Gasteiger charge is 2.18. The first kappa shape index (κ1) is 20.0. The van der Waals surface area contributed by atoms with Gasteiger partial charge in [-0.05, 0) is 25.5 Å². The lowest BCUT2D eigenvalue weighted by Crippen LogP contribution is -2.42. The lowest BCUT2D eigenvalue weighted by Gasteiger charge is -2.17. The summed E-state index contributed by atoms with van der Waals surface area (Å²) in [4.78, 5) is 17.9. The zero-order chi connectivity index (χ0) is 18.9. The summed E-state index contributed by atoms with van der Waals surface area (Å²) in [5.74, 6) is 1.46. The highest BCUT2D eigenvalue weighted by atomic mass is 16.5. The number of amides is 1. The Kier molecular flexibility index (Phi) is 7.72. The number of likely N-dealkylation sites (N-methyl/N-ethyl adjacent to an activating group) is 1. The van der Waals surface area contributed by atoms with Gasteiger partial charge in [0.05, 0.1) is 26.3 Å². The minimum Gasteiger partial charge on any atom is -0.488 e. The van der Waals surface area contributed by atoms with Gasteiger partial charge in [-0.1, -0.05) is 12.1 Å². The normalized spacial score (nSPS) is 17.1. The fourth-order valence-corrected chi connectivity index (χ4v) is 2.51. The van der Waals surface area contributed by atoms with Gasteiger partial charge in [0.25, 0.3) is 0 Å². The minimum absolute atomic E-state index is 0.00352. The molecule has 1 aliphatic heterocycles. The van der Waals surface area contributed by atoms with Crippen LogP contribution in [0.3, 0.4) is 0 Å². The molecule has 1 aliphatic rings. The van der Waals surface area contributed by atoms with Gasteiger partial charge in [-0.25, -0.2) is 4.99 Å². The number of rotatable bonds is 7. The number of nitrogens with one attached hydrogen (secondary N) is 2. The fourth-order valence-electron chi connectivity index (χ4n) is 2.51. The van der Waals surface area contributed by atoms with E-state index in [1.165, 1.54) is 0 Å². The van der Waals surface area contributed by atoms with Crippen LogP contribution in [0.4, 0.5) is 0 Å². The number of carbonyl (C=O) groups is 1. The molecule has 0 aromatic heterocycles. The summed E-state index contributed by atoms with van der Waals surface area (Å²) < 4.78 is 11.5. The Morgan fingerprint density at radius 1 is 1.38 bits per heavy atom. The zero-order valence-corrected chi connectivity index (χ0v) is 16.2. The predicted octanol–water partition coefficient (Wildman–Crippen LogP) is 1.31. The summed E-state index contributed by atoms with van der Waals surface area (Å²) in [6, 6.07) is 6.14. The van der Waals surface area contributed by atoms with Crippen molar-refractivity contribution in [2.24, 2.45) is 4.99 Å². The van der Waals surface area contributed by atoms with Crippen LogP contribution in [0.5, 0.6) is 5.75 Å². The van der Waals surface area contributed by atoms with E-state index in [4.69, 9.17) is 9.47 Å². The molecule has 0 radical (unpaired) electrons. The molecule has 26 heavy (non-hydrogen) atoms. The van der Waals surface area contributed by atoms with E-state index in [0.717, 1.165) is 36.4 Å². The molecule has 0 aliphatic carbocycles. The molecule has 1 aromatic carbocycles. The average Bonchev–Trinajstić information content (AvgIpc) is 3.11. The van der Waals surface area contributed by atoms with Gasteiger partial charge in [0.2, 0.25) is 5.91 Å².